The zero-order chi connectivity index (χ0) is 12.7. The molecule has 90 valence electrons. The Morgan fingerprint density at radius 3 is 2.56 bits per heavy atom. The first-order chi connectivity index (χ1) is 8.70. The molecule has 3 aromatic rings. The molecule has 0 bridgehead atoms. The van der Waals surface area contributed by atoms with Gasteiger partial charge in [-0.25, -0.2) is 0 Å². The minimum atomic E-state index is -1.21. The summed E-state index contributed by atoms with van der Waals surface area (Å²) in [4.78, 5) is 13.7. The molecule has 2 aromatic carbocycles. The zero-order valence-corrected chi connectivity index (χ0v) is 9.69. The van der Waals surface area contributed by atoms with Crippen molar-refractivity contribution in [3.8, 4) is 5.75 Å². The van der Waals surface area contributed by atoms with Crippen LogP contribution in [0, 0.1) is 0 Å². The van der Waals surface area contributed by atoms with E-state index >= 15 is 0 Å². The average molecular weight is 240 g/mol. The lowest BCUT2D eigenvalue weighted by Crippen LogP contribution is -2.22. The first-order valence-corrected chi connectivity index (χ1v) is 5.50. The highest BCUT2D eigenvalue weighted by Crippen LogP contribution is 2.33. The van der Waals surface area contributed by atoms with Gasteiger partial charge in [-0.15, -0.1) is 0 Å². The van der Waals surface area contributed by atoms with Crippen LogP contribution in [-0.2, 0) is 0 Å². The zero-order valence-electron chi connectivity index (χ0n) is 9.69. The second-order valence-corrected chi connectivity index (χ2v) is 4.06. The van der Waals surface area contributed by atoms with Crippen LogP contribution >= 0.6 is 0 Å². The molecule has 0 spiro atoms. The number of rotatable bonds is 2. The van der Waals surface area contributed by atoms with E-state index in [0.717, 1.165) is 21.7 Å². The van der Waals surface area contributed by atoms with E-state index in [2.05, 4.69) is 4.98 Å². The molecule has 4 heteroatoms. The van der Waals surface area contributed by atoms with Gasteiger partial charge in [-0.05, 0) is 11.5 Å². The Balaban J connectivity index is 2.47. The number of carbonyl (C=O) groups is 1. The largest absolute Gasteiger partial charge is 0.543 e. The Labute approximate surface area is 103 Å². The molecule has 0 radical (unpaired) electrons. The molecule has 0 amide bonds. The number of hydrogen-bond acceptors (Lipinski definition) is 3. The van der Waals surface area contributed by atoms with Crippen LogP contribution in [0.2, 0.25) is 0 Å². The van der Waals surface area contributed by atoms with Gasteiger partial charge in [0.15, 0.2) is 0 Å². The number of nitrogens with one attached hydrogen (secondary N) is 1. The number of benzene rings is 2. The van der Waals surface area contributed by atoms with Gasteiger partial charge < -0.3 is 19.6 Å². The standard InChI is InChI=1S/C14H11NO3/c1-18-13-7-11-10(6-12(15-11)14(16)17)8-4-2-3-5-9(8)13/h2-7,15H,1H3,(H,16,17)/p-1. The first-order valence-electron chi connectivity index (χ1n) is 5.50. The summed E-state index contributed by atoms with van der Waals surface area (Å²) in [6.07, 6.45) is 0. The van der Waals surface area contributed by atoms with Crippen LogP contribution in [-0.4, -0.2) is 18.1 Å². The maximum absolute atomic E-state index is 10.9. The quantitative estimate of drug-likeness (QED) is 0.741. The van der Waals surface area contributed by atoms with Gasteiger partial charge >= 0.3 is 0 Å². The molecule has 0 unspecified atom stereocenters. The van der Waals surface area contributed by atoms with E-state index in [1.54, 1.807) is 19.2 Å². The number of aromatic amines is 1. The van der Waals surface area contributed by atoms with Crippen molar-refractivity contribution < 1.29 is 14.6 Å². The fourth-order valence-electron chi connectivity index (χ4n) is 2.23. The molecular weight excluding hydrogens is 230 g/mol. The van der Waals surface area contributed by atoms with E-state index in [0.29, 0.717) is 5.75 Å². The van der Waals surface area contributed by atoms with Crippen LogP contribution in [0.3, 0.4) is 0 Å². The lowest BCUT2D eigenvalue weighted by molar-refractivity contribution is -0.255. The van der Waals surface area contributed by atoms with Crippen LogP contribution in [0.15, 0.2) is 36.4 Å². The van der Waals surface area contributed by atoms with E-state index < -0.39 is 5.97 Å². The number of carboxylic acid groups (broad SMARTS) is 1. The van der Waals surface area contributed by atoms with Gasteiger partial charge in [0.1, 0.15) is 5.75 Å². The fourth-order valence-corrected chi connectivity index (χ4v) is 2.23. The van der Waals surface area contributed by atoms with Gasteiger partial charge in [0, 0.05) is 16.8 Å². The van der Waals surface area contributed by atoms with Crippen molar-refractivity contribution >= 4 is 27.6 Å². The number of hydrogen-bond donors (Lipinski definition) is 1. The van der Waals surface area contributed by atoms with Crippen LogP contribution < -0.4 is 9.84 Å². The average Bonchev–Trinajstić information content (AvgIpc) is 2.82. The lowest BCUT2D eigenvalue weighted by atomic mass is 10.1. The van der Waals surface area contributed by atoms with Crippen molar-refractivity contribution in [1.82, 2.24) is 4.98 Å². The minimum absolute atomic E-state index is 0.0726. The Morgan fingerprint density at radius 1 is 1.17 bits per heavy atom. The van der Waals surface area contributed by atoms with Crippen molar-refractivity contribution in [1.29, 1.82) is 0 Å². The first kappa shape index (κ1) is 10.7. The van der Waals surface area contributed by atoms with Crippen molar-refractivity contribution in [3.63, 3.8) is 0 Å². The molecule has 0 saturated carbocycles. The summed E-state index contributed by atoms with van der Waals surface area (Å²) in [6.45, 7) is 0. The maximum Gasteiger partial charge on any atom is 0.128 e. The Morgan fingerprint density at radius 2 is 1.89 bits per heavy atom. The summed E-state index contributed by atoms with van der Waals surface area (Å²) < 4.78 is 5.32. The molecule has 0 aliphatic carbocycles. The highest BCUT2D eigenvalue weighted by molar-refractivity contribution is 6.11. The van der Waals surface area contributed by atoms with Gasteiger partial charge in [-0.3, -0.25) is 0 Å². The molecule has 3 rings (SSSR count). The molecule has 18 heavy (non-hydrogen) atoms. The third kappa shape index (κ3) is 1.43. The third-order valence-corrected chi connectivity index (χ3v) is 3.05. The molecule has 1 aromatic heterocycles. The number of fused-ring (bicyclic) bond motifs is 3. The molecule has 1 heterocycles. The second kappa shape index (κ2) is 3.77. The van der Waals surface area contributed by atoms with Crippen molar-refractivity contribution in [3.05, 3.63) is 42.1 Å². The molecule has 4 nitrogen and oxygen atoms in total. The van der Waals surface area contributed by atoms with Crippen LogP contribution in [0.5, 0.6) is 5.75 Å². The molecule has 0 aliphatic rings. The monoisotopic (exact) mass is 240 g/mol. The highest BCUT2D eigenvalue weighted by Gasteiger charge is 2.09. The van der Waals surface area contributed by atoms with E-state index in [-0.39, 0.29) is 5.69 Å². The molecule has 1 N–H and O–H groups in total. The normalized spacial score (nSPS) is 10.9. The van der Waals surface area contributed by atoms with Crippen molar-refractivity contribution in [2.75, 3.05) is 7.11 Å². The molecule has 0 saturated heterocycles. The van der Waals surface area contributed by atoms with Gasteiger partial charge in [0.05, 0.1) is 24.3 Å². The molecule has 0 aliphatic heterocycles. The van der Waals surface area contributed by atoms with Crippen LogP contribution in [0.4, 0.5) is 0 Å². The Hall–Kier alpha value is -2.49. The number of ether oxygens (including phenoxy) is 1. The summed E-state index contributed by atoms with van der Waals surface area (Å²) in [6, 6.07) is 11.1. The number of aromatic carboxylic acids is 1. The van der Waals surface area contributed by atoms with E-state index in [9.17, 15) is 9.90 Å². The highest BCUT2D eigenvalue weighted by atomic mass is 16.5. The Kier molecular flexibility index (Phi) is 2.23. The topological polar surface area (TPSA) is 65.2 Å². The summed E-state index contributed by atoms with van der Waals surface area (Å²) in [5.74, 6) is -0.501. The van der Waals surface area contributed by atoms with Gasteiger partial charge in [0.25, 0.3) is 0 Å². The molecular formula is C14H10NO3-. The minimum Gasteiger partial charge on any atom is -0.543 e. The summed E-state index contributed by atoms with van der Waals surface area (Å²) in [5, 5.41) is 13.6. The summed E-state index contributed by atoms with van der Waals surface area (Å²) in [7, 11) is 1.59. The lowest BCUT2D eigenvalue weighted by Gasteiger charge is -2.06. The number of methoxy groups -OCH3 is 1. The predicted molar refractivity (Wildman–Crippen MR) is 66.7 cm³/mol. The number of carbonyl (C=O) groups excluding carboxylic acids is 1. The second-order valence-electron chi connectivity index (χ2n) is 4.06. The Bertz CT molecular complexity index is 758. The van der Waals surface area contributed by atoms with Crippen LogP contribution in [0.1, 0.15) is 10.5 Å². The van der Waals surface area contributed by atoms with Crippen molar-refractivity contribution in [2.45, 2.75) is 0 Å². The fraction of sp³-hybridized carbons (Fsp3) is 0.0714. The molecule has 0 atom stereocenters. The SMILES string of the molecule is COc1cc2[nH]c(C(=O)[O-])cc2c2ccccc12. The van der Waals surface area contributed by atoms with Gasteiger partial charge in [-0.1, -0.05) is 24.3 Å². The number of aromatic nitrogens is 1. The number of H-pyrrole nitrogens is 1. The van der Waals surface area contributed by atoms with Gasteiger partial charge in [-0.2, -0.15) is 0 Å². The van der Waals surface area contributed by atoms with E-state index in [1.165, 1.54) is 0 Å². The third-order valence-electron chi connectivity index (χ3n) is 3.05. The maximum atomic E-state index is 10.9. The van der Waals surface area contributed by atoms with Gasteiger partial charge in [0.2, 0.25) is 0 Å². The predicted octanol–water partition coefficient (Wildman–Crippen LogP) is 1.69. The molecule has 0 fully saturated rings. The van der Waals surface area contributed by atoms with E-state index in [1.807, 2.05) is 24.3 Å². The summed E-state index contributed by atoms with van der Waals surface area (Å²) in [5.41, 5.74) is 0.799. The number of carboxylic acids is 1. The smallest absolute Gasteiger partial charge is 0.128 e. The summed E-state index contributed by atoms with van der Waals surface area (Å²) >= 11 is 0. The van der Waals surface area contributed by atoms with Crippen LogP contribution in [0.25, 0.3) is 21.7 Å². The van der Waals surface area contributed by atoms with E-state index in [4.69, 9.17) is 4.74 Å². The van der Waals surface area contributed by atoms with Crippen molar-refractivity contribution in [2.24, 2.45) is 0 Å².